The van der Waals surface area contributed by atoms with Crippen LogP contribution in [0.1, 0.15) is 40.5 Å². The molecule has 30 heavy (non-hydrogen) atoms. The summed E-state index contributed by atoms with van der Waals surface area (Å²) in [5, 5.41) is 17.1. The largest absolute Gasteiger partial charge is 0.492 e. The Hall–Kier alpha value is -2.49. The van der Waals surface area contributed by atoms with E-state index in [1.54, 1.807) is 42.5 Å². The summed E-state index contributed by atoms with van der Waals surface area (Å²) in [4.78, 5) is 24.8. The Morgan fingerprint density at radius 1 is 1.17 bits per heavy atom. The lowest BCUT2D eigenvalue weighted by Crippen LogP contribution is -2.35. The van der Waals surface area contributed by atoms with Gasteiger partial charge >= 0.3 is 0 Å². The van der Waals surface area contributed by atoms with Gasteiger partial charge in [0.1, 0.15) is 5.75 Å². The monoisotopic (exact) mass is 493 g/mol. The van der Waals surface area contributed by atoms with Gasteiger partial charge in [-0.05, 0) is 71.3 Å². The van der Waals surface area contributed by atoms with Crippen molar-refractivity contribution in [2.75, 3.05) is 25.1 Å². The maximum absolute atomic E-state index is 12.5. The van der Waals surface area contributed by atoms with Crippen molar-refractivity contribution >= 4 is 50.8 Å². The van der Waals surface area contributed by atoms with Crippen molar-refractivity contribution < 1.29 is 19.4 Å². The summed E-state index contributed by atoms with van der Waals surface area (Å²) < 4.78 is 6.26. The minimum absolute atomic E-state index is 0.00187. The SMILES string of the molecule is CCCOc1ccc(C(=O)NC(=S)Nc2ccccc2C(=O)NCCCO)cc1Br. The number of para-hydroxylation sites is 1. The molecule has 0 radical (unpaired) electrons. The van der Waals surface area contributed by atoms with Gasteiger partial charge in [-0.25, -0.2) is 0 Å². The third-order valence-electron chi connectivity index (χ3n) is 3.92. The molecule has 0 atom stereocenters. The second-order valence-corrected chi connectivity index (χ2v) is 7.54. The van der Waals surface area contributed by atoms with Gasteiger partial charge in [-0.3, -0.25) is 14.9 Å². The lowest BCUT2D eigenvalue weighted by Gasteiger charge is -2.14. The highest BCUT2D eigenvalue weighted by molar-refractivity contribution is 9.10. The number of rotatable bonds is 9. The number of hydrogen-bond donors (Lipinski definition) is 4. The zero-order valence-electron chi connectivity index (χ0n) is 16.5. The number of benzene rings is 2. The van der Waals surface area contributed by atoms with E-state index in [9.17, 15) is 9.59 Å². The number of thiocarbonyl (C=S) groups is 1. The van der Waals surface area contributed by atoms with E-state index >= 15 is 0 Å². The lowest BCUT2D eigenvalue weighted by atomic mass is 10.1. The summed E-state index contributed by atoms with van der Waals surface area (Å²) in [6.07, 6.45) is 1.35. The third-order valence-corrected chi connectivity index (χ3v) is 4.75. The third kappa shape index (κ3) is 7.08. The Morgan fingerprint density at radius 3 is 2.63 bits per heavy atom. The summed E-state index contributed by atoms with van der Waals surface area (Å²) in [5.41, 5.74) is 1.26. The zero-order chi connectivity index (χ0) is 21.9. The normalized spacial score (nSPS) is 10.2. The summed E-state index contributed by atoms with van der Waals surface area (Å²) in [6, 6.07) is 11.8. The van der Waals surface area contributed by atoms with Crippen molar-refractivity contribution in [1.29, 1.82) is 0 Å². The molecule has 0 unspecified atom stereocenters. The van der Waals surface area contributed by atoms with E-state index < -0.39 is 0 Å². The highest BCUT2D eigenvalue weighted by atomic mass is 79.9. The molecule has 4 N–H and O–H groups in total. The number of amides is 2. The molecule has 0 saturated heterocycles. The van der Waals surface area contributed by atoms with Crippen molar-refractivity contribution in [1.82, 2.24) is 10.6 Å². The van der Waals surface area contributed by atoms with Gasteiger partial charge in [-0.2, -0.15) is 0 Å². The van der Waals surface area contributed by atoms with Gasteiger partial charge in [0, 0.05) is 18.7 Å². The van der Waals surface area contributed by atoms with E-state index in [0.717, 1.165) is 6.42 Å². The number of ether oxygens (including phenoxy) is 1. The molecule has 2 aromatic carbocycles. The highest BCUT2D eigenvalue weighted by Gasteiger charge is 2.14. The van der Waals surface area contributed by atoms with Crippen LogP contribution >= 0.6 is 28.1 Å². The predicted octanol–water partition coefficient (Wildman–Crippen LogP) is 3.48. The van der Waals surface area contributed by atoms with Crippen LogP contribution in [-0.4, -0.2) is 41.8 Å². The Morgan fingerprint density at radius 2 is 1.93 bits per heavy atom. The van der Waals surface area contributed by atoms with Crippen molar-refractivity contribution in [2.24, 2.45) is 0 Å². The van der Waals surface area contributed by atoms with Crippen molar-refractivity contribution in [2.45, 2.75) is 19.8 Å². The topological polar surface area (TPSA) is 99.7 Å². The van der Waals surface area contributed by atoms with Crippen LogP contribution in [0.25, 0.3) is 0 Å². The molecule has 0 spiro atoms. The van der Waals surface area contributed by atoms with Gasteiger partial charge in [0.05, 0.1) is 22.3 Å². The smallest absolute Gasteiger partial charge is 0.257 e. The first-order valence-corrected chi connectivity index (χ1v) is 10.7. The van der Waals surface area contributed by atoms with Gasteiger partial charge in [-0.15, -0.1) is 0 Å². The molecule has 2 aromatic rings. The highest BCUT2D eigenvalue weighted by Crippen LogP contribution is 2.26. The minimum atomic E-state index is -0.389. The molecular formula is C21H24BrN3O4S. The second-order valence-electron chi connectivity index (χ2n) is 6.28. The molecule has 0 aromatic heterocycles. The van der Waals surface area contributed by atoms with E-state index in [1.807, 2.05) is 6.92 Å². The molecule has 0 saturated carbocycles. The summed E-state index contributed by atoms with van der Waals surface area (Å²) >= 11 is 8.64. The number of halogens is 1. The van der Waals surface area contributed by atoms with Crippen LogP contribution in [0.4, 0.5) is 5.69 Å². The van der Waals surface area contributed by atoms with Gasteiger partial charge in [0.15, 0.2) is 5.11 Å². The minimum Gasteiger partial charge on any atom is -0.492 e. The van der Waals surface area contributed by atoms with Crippen molar-refractivity contribution in [3.63, 3.8) is 0 Å². The second kappa shape index (κ2) is 12.3. The molecule has 0 aliphatic heterocycles. The van der Waals surface area contributed by atoms with Crippen molar-refractivity contribution in [3.05, 3.63) is 58.1 Å². The fourth-order valence-corrected chi connectivity index (χ4v) is 3.16. The van der Waals surface area contributed by atoms with Crippen LogP contribution in [0.2, 0.25) is 0 Å². The fourth-order valence-electron chi connectivity index (χ4n) is 2.47. The average Bonchev–Trinajstić information content (AvgIpc) is 2.73. The molecule has 0 fully saturated rings. The zero-order valence-corrected chi connectivity index (χ0v) is 18.9. The van der Waals surface area contributed by atoms with Crippen LogP contribution in [0, 0.1) is 0 Å². The number of carbonyl (C=O) groups is 2. The number of nitrogens with one attached hydrogen (secondary N) is 3. The summed E-state index contributed by atoms with van der Waals surface area (Å²) in [5.74, 6) is -0.0253. The van der Waals surface area contributed by atoms with Crippen molar-refractivity contribution in [3.8, 4) is 5.75 Å². The molecule has 2 rings (SSSR count). The molecule has 7 nitrogen and oxygen atoms in total. The van der Waals surface area contributed by atoms with Crippen LogP contribution in [0.15, 0.2) is 46.9 Å². The van der Waals surface area contributed by atoms with E-state index in [2.05, 4.69) is 31.9 Å². The fraction of sp³-hybridized carbons (Fsp3) is 0.286. The number of hydrogen-bond acceptors (Lipinski definition) is 5. The Bertz CT molecular complexity index is 908. The number of aliphatic hydroxyl groups excluding tert-OH is 1. The maximum Gasteiger partial charge on any atom is 0.257 e. The van der Waals surface area contributed by atoms with Gasteiger partial charge in [-0.1, -0.05) is 19.1 Å². The average molecular weight is 494 g/mol. The van der Waals surface area contributed by atoms with Crippen LogP contribution < -0.4 is 20.7 Å². The Balaban J connectivity index is 2.01. The van der Waals surface area contributed by atoms with E-state index in [4.69, 9.17) is 22.1 Å². The molecule has 0 heterocycles. The van der Waals surface area contributed by atoms with Gasteiger partial charge in [0.25, 0.3) is 11.8 Å². The molecule has 0 bridgehead atoms. The van der Waals surface area contributed by atoms with Crippen LogP contribution in [0.5, 0.6) is 5.75 Å². The molecule has 9 heteroatoms. The number of carbonyl (C=O) groups excluding carboxylic acids is 2. The Kier molecular flexibility index (Phi) is 9.72. The van der Waals surface area contributed by atoms with Crippen LogP contribution in [-0.2, 0) is 0 Å². The van der Waals surface area contributed by atoms with E-state index in [0.29, 0.717) is 46.6 Å². The Labute approximate surface area is 189 Å². The summed E-state index contributed by atoms with van der Waals surface area (Å²) in [7, 11) is 0. The standard InChI is InChI=1S/C21H24BrN3O4S/c1-2-12-29-18-9-8-14(13-16(18)22)19(27)25-21(30)24-17-7-4-3-6-15(17)20(28)23-10-5-11-26/h3-4,6-9,13,26H,2,5,10-12H2,1H3,(H,23,28)(H2,24,25,27,30). The van der Waals surface area contributed by atoms with E-state index in [1.165, 1.54) is 0 Å². The summed E-state index contributed by atoms with van der Waals surface area (Å²) in [6.45, 7) is 2.96. The van der Waals surface area contributed by atoms with Gasteiger partial charge < -0.3 is 20.5 Å². The number of aliphatic hydroxyl groups is 1. The van der Waals surface area contributed by atoms with Crippen LogP contribution in [0.3, 0.4) is 0 Å². The predicted molar refractivity (Wildman–Crippen MR) is 124 cm³/mol. The number of anilines is 1. The molecule has 0 aliphatic rings. The first-order valence-electron chi connectivity index (χ1n) is 9.49. The molecule has 0 aliphatic carbocycles. The first-order chi connectivity index (χ1) is 14.5. The van der Waals surface area contributed by atoms with Gasteiger partial charge in [0.2, 0.25) is 0 Å². The van der Waals surface area contributed by atoms with E-state index in [-0.39, 0.29) is 23.5 Å². The first kappa shape index (κ1) is 23.8. The molecule has 2 amide bonds. The quantitative estimate of drug-likeness (QED) is 0.315. The molecular weight excluding hydrogens is 470 g/mol. The maximum atomic E-state index is 12.5. The lowest BCUT2D eigenvalue weighted by molar-refractivity contribution is 0.0950. The molecule has 160 valence electrons.